The fourth-order valence-corrected chi connectivity index (χ4v) is 5.23. The SMILES string of the molecule is C=CCNc1c(O)cc2nc3oc2c1C[C@@H](C)C[C@H](OC)[C@H](O)[C@@H](C)/C=C(\C)[C@H](OC(N)=O)[C@@H](OC)/C=C\C=C\3C. The first kappa shape index (κ1) is 31.9. The van der Waals surface area contributed by atoms with E-state index in [1.807, 2.05) is 26.0 Å². The number of anilines is 1. The standard InChI is InChI=1S/C31H43N3O7/c1-8-12-33-26-21-13-17(2)14-25(39-7)27(36)19(4)15-20(5)28(41-31(32)37)24(38-6)11-9-10-18(3)30-34-22(16-23(26)35)29(21)40-30/h8-11,15-17,19,24-25,27-28,33,35-36H,1,12-14H2,2-7H3,(H2,32,37)/b11-9-,18-10+,20-15+/t17-,19+,24+,25+,27-,28+/m1/s1. The van der Waals surface area contributed by atoms with Gasteiger partial charge in [0, 0.05) is 43.9 Å². The van der Waals surface area contributed by atoms with Crippen molar-refractivity contribution in [3.05, 3.63) is 60.1 Å². The Morgan fingerprint density at radius 3 is 2.66 bits per heavy atom. The number of primary amides is 1. The van der Waals surface area contributed by atoms with Crippen LogP contribution in [0.15, 0.2) is 53.0 Å². The Hall–Kier alpha value is -3.60. The molecule has 5 N–H and O–H groups in total. The smallest absolute Gasteiger partial charge is 0.405 e. The second kappa shape index (κ2) is 14.3. The van der Waals surface area contributed by atoms with Crippen LogP contribution in [0.4, 0.5) is 10.5 Å². The minimum atomic E-state index is -0.934. The zero-order chi connectivity index (χ0) is 30.3. The second-order valence-electron chi connectivity index (χ2n) is 10.7. The normalized spacial score (nSPS) is 29.4. The van der Waals surface area contributed by atoms with Crippen LogP contribution >= 0.6 is 0 Å². The summed E-state index contributed by atoms with van der Waals surface area (Å²) < 4.78 is 23.1. The van der Waals surface area contributed by atoms with Gasteiger partial charge in [-0.1, -0.05) is 44.2 Å². The molecule has 224 valence electrons. The average Bonchev–Trinajstić information content (AvgIpc) is 3.35. The molecule has 3 rings (SSSR count). The van der Waals surface area contributed by atoms with E-state index in [2.05, 4.69) is 23.8 Å². The van der Waals surface area contributed by atoms with E-state index < -0.39 is 30.5 Å². The van der Waals surface area contributed by atoms with E-state index >= 15 is 0 Å². The third-order valence-corrected chi connectivity index (χ3v) is 7.36. The summed E-state index contributed by atoms with van der Waals surface area (Å²) in [5, 5.41) is 25.4. The van der Waals surface area contributed by atoms with Gasteiger partial charge in [-0.05, 0) is 38.2 Å². The van der Waals surface area contributed by atoms with Crippen LogP contribution in [0.1, 0.15) is 45.6 Å². The molecule has 1 amide bonds. The summed E-state index contributed by atoms with van der Waals surface area (Å²) in [6, 6.07) is 1.58. The minimum Gasteiger partial charge on any atom is -0.506 e. The summed E-state index contributed by atoms with van der Waals surface area (Å²) in [7, 11) is 3.08. The van der Waals surface area contributed by atoms with Crippen molar-refractivity contribution in [1.29, 1.82) is 0 Å². The molecule has 0 unspecified atom stereocenters. The number of aromatic hydroxyl groups is 1. The molecule has 41 heavy (non-hydrogen) atoms. The Bertz CT molecular complexity index is 1310. The number of fused-ring (bicyclic) bond motifs is 1. The largest absolute Gasteiger partial charge is 0.506 e. The number of oxazole rings is 1. The summed E-state index contributed by atoms with van der Waals surface area (Å²) in [4.78, 5) is 16.4. The Labute approximate surface area is 241 Å². The van der Waals surface area contributed by atoms with Gasteiger partial charge < -0.3 is 39.9 Å². The fourth-order valence-electron chi connectivity index (χ4n) is 5.23. The van der Waals surface area contributed by atoms with Crippen molar-refractivity contribution in [2.24, 2.45) is 17.6 Å². The van der Waals surface area contributed by atoms with Crippen molar-refractivity contribution in [3.8, 4) is 5.75 Å². The van der Waals surface area contributed by atoms with E-state index in [1.165, 1.54) is 7.11 Å². The molecule has 0 fully saturated rings. The maximum Gasteiger partial charge on any atom is 0.405 e. The minimum absolute atomic E-state index is 0.0250. The lowest BCUT2D eigenvalue weighted by molar-refractivity contribution is -0.0398. The van der Waals surface area contributed by atoms with Crippen LogP contribution < -0.4 is 11.1 Å². The van der Waals surface area contributed by atoms with Crippen LogP contribution in [0.25, 0.3) is 16.7 Å². The molecule has 2 aromatic rings. The van der Waals surface area contributed by atoms with Crippen molar-refractivity contribution in [3.63, 3.8) is 0 Å². The first-order chi connectivity index (χ1) is 19.5. The first-order valence-electron chi connectivity index (χ1n) is 13.7. The molecule has 1 aliphatic rings. The number of nitrogens with two attached hydrogens (primary N) is 1. The molecule has 1 aromatic carbocycles. The number of hydrogen-bond donors (Lipinski definition) is 4. The van der Waals surface area contributed by atoms with Crippen LogP contribution in [-0.4, -0.2) is 66.5 Å². The van der Waals surface area contributed by atoms with Gasteiger partial charge in [0.2, 0.25) is 5.89 Å². The number of carbonyl (C=O) groups excluding carboxylic acids is 1. The summed E-state index contributed by atoms with van der Waals surface area (Å²) in [6.07, 6.45) is 6.19. The van der Waals surface area contributed by atoms with E-state index in [1.54, 1.807) is 38.3 Å². The molecule has 0 radical (unpaired) electrons. The van der Waals surface area contributed by atoms with Gasteiger partial charge in [0.1, 0.15) is 17.4 Å². The number of aliphatic hydroxyl groups is 1. The topological polar surface area (TPSA) is 149 Å². The lowest BCUT2D eigenvalue weighted by Crippen LogP contribution is -2.37. The van der Waals surface area contributed by atoms with E-state index in [9.17, 15) is 15.0 Å². The number of nitrogens with zero attached hydrogens (tertiary/aromatic N) is 1. The summed E-state index contributed by atoms with van der Waals surface area (Å²) in [5.41, 5.74) is 9.25. The Morgan fingerprint density at radius 1 is 1.29 bits per heavy atom. The zero-order valence-corrected chi connectivity index (χ0v) is 24.7. The van der Waals surface area contributed by atoms with Crippen molar-refractivity contribution in [2.75, 3.05) is 26.1 Å². The van der Waals surface area contributed by atoms with E-state index in [-0.39, 0.29) is 17.6 Å². The summed E-state index contributed by atoms with van der Waals surface area (Å²) >= 11 is 0. The van der Waals surface area contributed by atoms with Gasteiger partial charge in [-0.25, -0.2) is 9.78 Å². The number of carbonyl (C=O) groups is 1. The number of aliphatic hydroxyl groups excluding tert-OH is 1. The zero-order valence-electron chi connectivity index (χ0n) is 24.7. The van der Waals surface area contributed by atoms with Gasteiger partial charge in [0.15, 0.2) is 11.7 Å². The van der Waals surface area contributed by atoms with Crippen LogP contribution in [0.5, 0.6) is 5.75 Å². The van der Waals surface area contributed by atoms with E-state index in [4.69, 9.17) is 24.4 Å². The Morgan fingerprint density at radius 2 is 2.02 bits per heavy atom. The van der Waals surface area contributed by atoms with Crippen molar-refractivity contribution >= 4 is 28.5 Å². The highest BCUT2D eigenvalue weighted by atomic mass is 16.6. The fraction of sp³-hybridized carbons (Fsp3) is 0.484. The molecule has 2 bridgehead atoms. The van der Waals surface area contributed by atoms with Crippen LogP contribution in [-0.2, 0) is 20.6 Å². The number of ether oxygens (including phenoxy) is 3. The second-order valence-corrected chi connectivity index (χ2v) is 10.7. The molecule has 2 heterocycles. The molecule has 6 atom stereocenters. The average molecular weight is 570 g/mol. The van der Waals surface area contributed by atoms with Gasteiger partial charge in [-0.3, -0.25) is 0 Å². The van der Waals surface area contributed by atoms with Crippen molar-refractivity contribution < 1.29 is 33.6 Å². The molecular weight excluding hydrogens is 526 g/mol. The number of rotatable bonds is 6. The lowest BCUT2D eigenvalue weighted by atomic mass is 9.87. The maximum absolute atomic E-state index is 11.8. The van der Waals surface area contributed by atoms with E-state index in [0.717, 1.165) is 11.1 Å². The number of amides is 1. The molecule has 10 nitrogen and oxygen atoms in total. The number of aromatic nitrogens is 1. The summed E-state index contributed by atoms with van der Waals surface area (Å²) in [5.74, 6) is 0.142. The van der Waals surface area contributed by atoms with Crippen molar-refractivity contribution in [1.82, 2.24) is 4.98 Å². The predicted octanol–water partition coefficient (Wildman–Crippen LogP) is 5.11. The number of methoxy groups -OCH3 is 2. The van der Waals surface area contributed by atoms with Gasteiger partial charge in [0.05, 0.1) is 17.9 Å². The first-order valence-corrected chi connectivity index (χ1v) is 13.7. The summed E-state index contributed by atoms with van der Waals surface area (Å²) in [6.45, 7) is 11.8. The number of hydrogen-bond acceptors (Lipinski definition) is 9. The van der Waals surface area contributed by atoms with Crippen LogP contribution in [0, 0.1) is 11.8 Å². The van der Waals surface area contributed by atoms with Gasteiger partial charge >= 0.3 is 6.09 Å². The predicted molar refractivity (Wildman–Crippen MR) is 160 cm³/mol. The molecule has 0 saturated heterocycles. The van der Waals surface area contributed by atoms with E-state index in [0.29, 0.717) is 47.6 Å². The molecular formula is C31H43N3O7. The van der Waals surface area contributed by atoms with Crippen LogP contribution in [0.3, 0.4) is 0 Å². The van der Waals surface area contributed by atoms with Crippen molar-refractivity contribution in [2.45, 2.75) is 65.0 Å². The number of phenolic OH excluding ortho intramolecular Hbond substituents is 1. The molecule has 0 aliphatic carbocycles. The Balaban J connectivity index is 2.19. The quantitative estimate of drug-likeness (QED) is 0.275. The highest BCUT2D eigenvalue weighted by Gasteiger charge is 2.30. The molecule has 0 saturated carbocycles. The maximum atomic E-state index is 11.8. The number of allylic oxidation sites excluding steroid dienone is 3. The third kappa shape index (κ3) is 7.78. The van der Waals surface area contributed by atoms with Gasteiger partial charge in [0.25, 0.3) is 0 Å². The highest BCUT2D eigenvalue weighted by Crippen LogP contribution is 2.38. The Kier molecular flexibility index (Phi) is 11.2. The monoisotopic (exact) mass is 569 g/mol. The highest BCUT2D eigenvalue weighted by molar-refractivity contribution is 5.87. The molecule has 10 heteroatoms. The third-order valence-electron chi connectivity index (χ3n) is 7.36. The lowest BCUT2D eigenvalue weighted by Gasteiger charge is -2.29. The van der Waals surface area contributed by atoms with Gasteiger partial charge in [-0.2, -0.15) is 0 Å². The van der Waals surface area contributed by atoms with Crippen LogP contribution in [0.2, 0.25) is 0 Å². The number of phenols is 1. The molecule has 0 spiro atoms. The molecule has 1 aromatic heterocycles. The van der Waals surface area contributed by atoms with Gasteiger partial charge in [-0.15, -0.1) is 6.58 Å². The number of benzene rings is 1. The molecule has 1 aliphatic heterocycles. The number of nitrogens with one attached hydrogen (secondary N) is 1.